The topological polar surface area (TPSA) is 29.5 Å². The van der Waals surface area contributed by atoms with Crippen molar-refractivity contribution >= 4 is 18.0 Å². The van der Waals surface area contributed by atoms with Gasteiger partial charge >= 0.3 is 6.09 Å². The Morgan fingerprint density at radius 3 is 2.87 bits per heavy atom. The molecular formula is C11H13NO2S. The number of cyclic esters (lactones) is 1. The van der Waals surface area contributed by atoms with E-state index in [1.165, 1.54) is 17.5 Å². The lowest BCUT2D eigenvalue weighted by atomic mass is 10.1. The summed E-state index contributed by atoms with van der Waals surface area (Å²) in [4.78, 5) is 11.3. The molecule has 1 heterocycles. The van der Waals surface area contributed by atoms with Crippen molar-refractivity contribution in [2.24, 2.45) is 0 Å². The van der Waals surface area contributed by atoms with E-state index in [4.69, 9.17) is 4.74 Å². The van der Waals surface area contributed by atoms with Crippen LogP contribution in [0.3, 0.4) is 0 Å². The molecule has 0 aliphatic carbocycles. The van der Waals surface area contributed by atoms with E-state index in [1.807, 2.05) is 24.5 Å². The van der Waals surface area contributed by atoms with Crippen LogP contribution in [0.15, 0.2) is 30.3 Å². The Kier molecular flexibility index (Phi) is 3.16. The predicted molar refractivity (Wildman–Crippen MR) is 60.6 cm³/mol. The van der Waals surface area contributed by atoms with Gasteiger partial charge in [-0.3, -0.25) is 0 Å². The van der Waals surface area contributed by atoms with E-state index in [9.17, 15) is 4.79 Å². The molecule has 1 aromatic carbocycles. The van der Waals surface area contributed by atoms with Crippen LogP contribution in [0.25, 0.3) is 0 Å². The second-order valence-corrected chi connectivity index (χ2v) is 4.19. The molecule has 2 rings (SSSR count). The normalized spacial score (nSPS) is 20.5. The molecule has 0 N–H and O–H groups in total. The third kappa shape index (κ3) is 2.26. The molecule has 0 radical (unpaired) electrons. The highest BCUT2D eigenvalue weighted by Crippen LogP contribution is 2.22. The Bertz CT molecular complexity index is 342. The Labute approximate surface area is 93.5 Å². The van der Waals surface area contributed by atoms with Crippen LogP contribution in [0.5, 0.6) is 0 Å². The molecule has 1 aromatic rings. The summed E-state index contributed by atoms with van der Waals surface area (Å²) in [6, 6.07) is 10.3. The van der Waals surface area contributed by atoms with Crippen LogP contribution in [-0.4, -0.2) is 29.3 Å². The smallest absolute Gasteiger partial charge is 0.420 e. The van der Waals surface area contributed by atoms with E-state index in [0.717, 1.165) is 6.42 Å². The molecule has 0 bridgehead atoms. The van der Waals surface area contributed by atoms with Crippen LogP contribution in [0.4, 0.5) is 4.79 Å². The Hall–Kier alpha value is -1.16. The van der Waals surface area contributed by atoms with Crippen molar-refractivity contribution in [2.75, 3.05) is 12.9 Å². The first kappa shape index (κ1) is 10.4. The highest BCUT2D eigenvalue weighted by molar-refractivity contribution is 7.96. The molecule has 80 valence electrons. The summed E-state index contributed by atoms with van der Waals surface area (Å²) in [6.45, 7) is 0.495. The van der Waals surface area contributed by atoms with Gasteiger partial charge in [-0.1, -0.05) is 30.3 Å². The summed E-state index contributed by atoms with van der Waals surface area (Å²) in [6.07, 6.45) is 2.53. The fraction of sp³-hybridized carbons (Fsp3) is 0.364. The number of carbonyl (C=O) groups excluding carboxylic acids is 1. The molecule has 3 nitrogen and oxygen atoms in total. The molecule has 15 heavy (non-hydrogen) atoms. The maximum atomic E-state index is 11.3. The zero-order chi connectivity index (χ0) is 10.7. The lowest BCUT2D eigenvalue weighted by molar-refractivity contribution is 0.171. The molecule has 0 aromatic heterocycles. The van der Waals surface area contributed by atoms with Gasteiger partial charge in [0.25, 0.3) is 0 Å². The van der Waals surface area contributed by atoms with Crippen molar-refractivity contribution in [3.63, 3.8) is 0 Å². The van der Waals surface area contributed by atoms with Gasteiger partial charge in [0.15, 0.2) is 0 Å². The van der Waals surface area contributed by atoms with Gasteiger partial charge in [-0.05, 0) is 23.9 Å². The van der Waals surface area contributed by atoms with E-state index >= 15 is 0 Å². The van der Waals surface area contributed by atoms with E-state index < -0.39 is 0 Å². The first-order valence-corrected chi connectivity index (χ1v) is 6.03. The third-order valence-electron chi connectivity index (χ3n) is 2.42. The quantitative estimate of drug-likeness (QED) is 0.736. The number of hydrogen-bond acceptors (Lipinski definition) is 3. The standard InChI is InChI=1S/C11H13NO2S/c1-15-12-10(8-14-11(12)13)7-9-5-3-2-4-6-9/h2-6,10H,7-8H2,1H3/t10-/m0/s1. The number of carbonyl (C=O) groups is 1. The minimum Gasteiger partial charge on any atom is -0.447 e. The van der Waals surface area contributed by atoms with Crippen LogP contribution < -0.4 is 0 Å². The van der Waals surface area contributed by atoms with Gasteiger partial charge in [0.05, 0.1) is 6.04 Å². The zero-order valence-electron chi connectivity index (χ0n) is 8.55. The van der Waals surface area contributed by atoms with Gasteiger partial charge in [-0.25, -0.2) is 9.10 Å². The summed E-state index contributed by atoms with van der Waals surface area (Å²) in [5.74, 6) is 0. The number of nitrogens with zero attached hydrogens (tertiary/aromatic N) is 1. The maximum Gasteiger partial charge on any atom is 0.420 e. The van der Waals surface area contributed by atoms with Gasteiger partial charge in [0.2, 0.25) is 0 Å². The molecule has 4 heteroatoms. The summed E-state index contributed by atoms with van der Waals surface area (Å²) in [5.41, 5.74) is 1.24. The largest absolute Gasteiger partial charge is 0.447 e. The van der Waals surface area contributed by atoms with Crippen molar-refractivity contribution in [3.8, 4) is 0 Å². The van der Waals surface area contributed by atoms with E-state index in [1.54, 1.807) is 4.31 Å². The Morgan fingerprint density at radius 2 is 2.20 bits per heavy atom. The Morgan fingerprint density at radius 1 is 1.47 bits per heavy atom. The van der Waals surface area contributed by atoms with Crippen LogP contribution in [0, 0.1) is 0 Å². The number of benzene rings is 1. The van der Waals surface area contributed by atoms with Crippen LogP contribution in [0.2, 0.25) is 0 Å². The van der Waals surface area contributed by atoms with E-state index in [2.05, 4.69) is 12.1 Å². The average molecular weight is 223 g/mol. The highest BCUT2D eigenvalue weighted by Gasteiger charge is 2.32. The maximum absolute atomic E-state index is 11.3. The summed E-state index contributed by atoms with van der Waals surface area (Å²) >= 11 is 1.43. The lowest BCUT2D eigenvalue weighted by Gasteiger charge is -2.17. The first-order chi connectivity index (χ1) is 7.31. The second-order valence-electron chi connectivity index (χ2n) is 3.43. The summed E-state index contributed by atoms with van der Waals surface area (Å²) in [5, 5.41) is 0. The van der Waals surface area contributed by atoms with Crippen LogP contribution in [-0.2, 0) is 11.2 Å². The summed E-state index contributed by atoms with van der Waals surface area (Å²) < 4.78 is 6.71. The van der Waals surface area contributed by atoms with Gasteiger partial charge in [0, 0.05) is 6.26 Å². The number of hydrogen-bond donors (Lipinski definition) is 0. The number of rotatable bonds is 3. The average Bonchev–Trinajstić information content (AvgIpc) is 2.61. The lowest BCUT2D eigenvalue weighted by Crippen LogP contribution is -2.28. The summed E-state index contributed by atoms with van der Waals surface area (Å²) in [7, 11) is 0. The fourth-order valence-corrected chi connectivity index (χ4v) is 2.33. The Balaban J connectivity index is 2.04. The van der Waals surface area contributed by atoms with Gasteiger partial charge in [-0.15, -0.1) is 0 Å². The van der Waals surface area contributed by atoms with Crippen LogP contribution >= 0.6 is 11.9 Å². The molecule has 1 atom stereocenters. The molecular weight excluding hydrogens is 210 g/mol. The molecule has 1 amide bonds. The minimum atomic E-state index is -0.219. The first-order valence-electron chi connectivity index (χ1n) is 4.85. The monoisotopic (exact) mass is 223 g/mol. The molecule has 0 unspecified atom stereocenters. The molecule has 1 fully saturated rings. The SMILES string of the molecule is CSN1C(=O)OC[C@@H]1Cc1ccccc1. The van der Waals surface area contributed by atoms with Crippen molar-refractivity contribution < 1.29 is 9.53 Å². The van der Waals surface area contributed by atoms with Crippen LogP contribution in [0.1, 0.15) is 5.56 Å². The molecule has 0 saturated carbocycles. The van der Waals surface area contributed by atoms with Crippen molar-refractivity contribution in [1.82, 2.24) is 4.31 Å². The second kappa shape index (κ2) is 4.57. The van der Waals surface area contributed by atoms with Gasteiger partial charge in [-0.2, -0.15) is 0 Å². The van der Waals surface area contributed by atoms with Gasteiger partial charge < -0.3 is 4.74 Å². The van der Waals surface area contributed by atoms with Crippen molar-refractivity contribution in [1.29, 1.82) is 0 Å². The molecule has 1 saturated heterocycles. The molecule has 1 aliphatic heterocycles. The highest BCUT2D eigenvalue weighted by atomic mass is 32.2. The third-order valence-corrected chi connectivity index (χ3v) is 3.26. The number of amides is 1. The number of ether oxygens (including phenoxy) is 1. The fourth-order valence-electron chi connectivity index (χ4n) is 1.70. The van der Waals surface area contributed by atoms with E-state index in [0.29, 0.717) is 6.61 Å². The van der Waals surface area contributed by atoms with Crippen molar-refractivity contribution in [3.05, 3.63) is 35.9 Å². The van der Waals surface area contributed by atoms with Crippen molar-refractivity contribution in [2.45, 2.75) is 12.5 Å². The van der Waals surface area contributed by atoms with Gasteiger partial charge in [0.1, 0.15) is 6.61 Å². The molecule has 1 aliphatic rings. The predicted octanol–water partition coefficient (Wildman–Crippen LogP) is 2.33. The molecule has 0 spiro atoms. The minimum absolute atomic E-state index is 0.162. The zero-order valence-corrected chi connectivity index (χ0v) is 9.37. The van der Waals surface area contributed by atoms with E-state index in [-0.39, 0.29) is 12.1 Å².